The van der Waals surface area contributed by atoms with Crippen molar-refractivity contribution in [3.05, 3.63) is 71.5 Å². The summed E-state index contributed by atoms with van der Waals surface area (Å²) in [6, 6.07) is 17.5. The first kappa shape index (κ1) is 14.7. The molecule has 0 heterocycles. The predicted molar refractivity (Wildman–Crippen MR) is 82.1 cm³/mol. The van der Waals surface area contributed by atoms with Crippen molar-refractivity contribution in [3.8, 4) is 0 Å². The molecule has 2 heteroatoms. The Balaban J connectivity index is 1.94. The highest BCUT2D eigenvalue weighted by Crippen LogP contribution is 2.21. The Morgan fingerprint density at radius 3 is 2.20 bits per heavy atom. The van der Waals surface area contributed by atoms with Gasteiger partial charge in [0.05, 0.1) is 0 Å². The molecule has 1 N–H and O–H groups in total. The van der Waals surface area contributed by atoms with Crippen LogP contribution in [0.4, 0.5) is 4.39 Å². The molecule has 0 bridgehead atoms. The van der Waals surface area contributed by atoms with Gasteiger partial charge in [0.15, 0.2) is 0 Å². The molecule has 2 aromatic carbocycles. The van der Waals surface area contributed by atoms with Crippen LogP contribution in [0.5, 0.6) is 0 Å². The fraction of sp³-hybridized carbons (Fsp3) is 0.333. The molecule has 0 aliphatic carbocycles. The number of benzene rings is 2. The quantitative estimate of drug-likeness (QED) is 0.823. The summed E-state index contributed by atoms with van der Waals surface area (Å²) in [5.74, 6) is 0.289. The van der Waals surface area contributed by atoms with Crippen molar-refractivity contribution in [2.24, 2.45) is 5.92 Å². The van der Waals surface area contributed by atoms with Gasteiger partial charge in [0.1, 0.15) is 5.82 Å². The lowest BCUT2D eigenvalue weighted by molar-refractivity contribution is 0.414. The SMILES string of the molecule is CC(C)C(NCCc1ccccc1)c1ccc(F)cc1. The lowest BCUT2D eigenvalue weighted by atomic mass is 9.96. The Hall–Kier alpha value is -1.67. The second kappa shape index (κ2) is 7.20. The second-order valence-corrected chi connectivity index (χ2v) is 5.46. The smallest absolute Gasteiger partial charge is 0.123 e. The Morgan fingerprint density at radius 1 is 0.950 bits per heavy atom. The first-order valence-corrected chi connectivity index (χ1v) is 7.19. The number of hydrogen-bond donors (Lipinski definition) is 1. The molecule has 1 unspecified atom stereocenters. The van der Waals surface area contributed by atoms with E-state index in [0.717, 1.165) is 18.5 Å². The molecule has 0 aromatic heterocycles. The van der Waals surface area contributed by atoms with Gasteiger partial charge in [0.2, 0.25) is 0 Å². The van der Waals surface area contributed by atoms with Gasteiger partial charge in [0, 0.05) is 6.04 Å². The van der Waals surface area contributed by atoms with E-state index in [2.05, 4.69) is 43.4 Å². The Kier molecular flexibility index (Phi) is 5.31. The minimum Gasteiger partial charge on any atom is -0.309 e. The van der Waals surface area contributed by atoms with Gasteiger partial charge >= 0.3 is 0 Å². The van der Waals surface area contributed by atoms with Crippen molar-refractivity contribution >= 4 is 0 Å². The molecule has 0 radical (unpaired) electrons. The largest absolute Gasteiger partial charge is 0.309 e. The van der Waals surface area contributed by atoms with Crippen molar-refractivity contribution in [1.29, 1.82) is 0 Å². The first-order chi connectivity index (χ1) is 9.66. The molecule has 0 saturated carbocycles. The molecule has 0 saturated heterocycles. The fourth-order valence-electron chi connectivity index (χ4n) is 2.43. The van der Waals surface area contributed by atoms with Crippen molar-refractivity contribution < 1.29 is 4.39 Å². The molecular formula is C18H22FN. The monoisotopic (exact) mass is 271 g/mol. The zero-order chi connectivity index (χ0) is 14.4. The zero-order valence-corrected chi connectivity index (χ0v) is 12.1. The summed E-state index contributed by atoms with van der Waals surface area (Å²) in [7, 11) is 0. The van der Waals surface area contributed by atoms with E-state index in [0.29, 0.717) is 5.92 Å². The molecule has 1 atom stereocenters. The van der Waals surface area contributed by atoms with Crippen molar-refractivity contribution in [2.75, 3.05) is 6.54 Å². The van der Waals surface area contributed by atoms with Gasteiger partial charge in [-0.3, -0.25) is 0 Å². The highest BCUT2D eigenvalue weighted by molar-refractivity contribution is 5.21. The summed E-state index contributed by atoms with van der Waals surface area (Å²) in [6.07, 6.45) is 1.01. The van der Waals surface area contributed by atoms with Gasteiger partial charge in [-0.15, -0.1) is 0 Å². The molecule has 0 fully saturated rings. The maximum atomic E-state index is 13.0. The van der Waals surface area contributed by atoms with Crippen LogP contribution >= 0.6 is 0 Å². The highest BCUT2D eigenvalue weighted by Gasteiger charge is 2.14. The summed E-state index contributed by atoms with van der Waals surface area (Å²) in [5.41, 5.74) is 2.48. The minimum atomic E-state index is -0.180. The summed E-state index contributed by atoms with van der Waals surface area (Å²) in [5, 5.41) is 3.58. The van der Waals surface area contributed by atoms with Gasteiger partial charge < -0.3 is 5.32 Å². The zero-order valence-electron chi connectivity index (χ0n) is 12.1. The minimum absolute atomic E-state index is 0.180. The summed E-state index contributed by atoms with van der Waals surface area (Å²) < 4.78 is 13.0. The first-order valence-electron chi connectivity index (χ1n) is 7.19. The van der Waals surface area contributed by atoms with Gasteiger partial charge in [-0.2, -0.15) is 0 Å². The molecule has 0 amide bonds. The molecule has 0 aliphatic heterocycles. The van der Waals surface area contributed by atoms with E-state index in [1.807, 2.05) is 18.2 Å². The van der Waals surface area contributed by atoms with E-state index in [9.17, 15) is 4.39 Å². The van der Waals surface area contributed by atoms with E-state index >= 15 is 0 Å². The lowest BCUT2D eigenvalue weighted by Gasteiger charge is -2.23. The van der Waals surface area contributed by atoms with Crippen LogP contribution < -0.4 is 5.32 Å². The summed E-state index contributed by atoms with van der Waals surface area (Å²) >= 11 is 0. The van der Waals surface area contributed by atoms with Crippen molar-refractivity contribution in [3.63, 3.8) is 0 Å². The third-order valence-corrected chi connectivity index (χ3v) is 3.52. The average molecular weight is 271 g/mol. The van der Waals surface area contributed by atoms with E-state index in [4.69, 9.17) is 0 Å². The van der Waals surface area contributed by atoms with Crippen LogP contribution in [0, 0.1) is 11.7 Å². The average Bonchev–Trinajstić information content (AvgIpc) is 2.46. The van der Waals surface area contributed by atoms with Gasteiger partial charge in [-0.25, -0.2) is 4.39 Å². The summed E-state index contributed by atoms with van der Waals surface area (Å²) in [4.78, 5) is 0. The van der Waals surface area contributed by atoms with Crippen LogP contribution in [0.2, 0.25) is 0 Å². The van der Waals surface area contributed by atoms with E-state index < -0.39 is 0 Å². The van der Waals surface area contributed by atoms with Crippen molar-refractivity contribution in [1.82, 2.24) is 5.32 Å². The molecular weight excluding hydrogens is 249 g/mol. The molecule has 2 aromatic rings. The number of nitrogens with one attached hydrogen (secondary N) is 1. The normalized spacial score (nSPS) is 12.6. The Bertz CT molecular complexity index is 505. The fourth-order valence-corrected chi connectivity index (χ4v) is 2.43. The number of hydrogen-bond acceptors (Lipinski definition) is 1. The van der Waals surface area contributed by atoms with Crippen molar-refractivity contribution in [2.45, 2.75) is 26.3 Å². The maximum Gasteiger partial charge on any atom is 0.123 e. The van der Waals surface area contributed by atoms with Gasteiger partial charge in [-0.05, 0) is 42.1 Å². The van der Waals surface area contributed by atoms with Gasteiger partial charge in [-0.1, -0.05) is 56.3 Å². The predicted octanol–water partition coefficient (Wildman–Crippen LogP) is 4.36. The van der Waals surface area contributed by atoms with Crippen LogP contribution in [0.1, 0.15) is 31.0 Å². The highest BCUT2D eigenvalue weighted by atomic mass is 19.1. The van der Waals surface area contributed by atoms with Crippen LogP contribution in [0.15, 0.2) is 54.6 Å². The third kappa shape index (κ3) is 4.17. The van der Waals surface area contributed by atoms with Crippen LogP contribution in [-0.2, 0) is 6.42 Å². The topological polar surface area (TPSA) is 12.0 Å². The number of halogens is 1. The Labute approximate surface area is 120 Å². The second-order valence-electron chi connectivity index (χ2n) is 5.46. The van der Waals surface area contributed by atoms with E-state index in [-0.39, 0.29) is 11.9 Å². The van der Waals surface area contributed by atoms with Crippen LogP contribution in [-0.4, -0.2) is 6.54 Å². The molecule has 1 nitrogen and oxygen atoms in total. The van der Waals surface area contributed by atoms with E-state index in [1.165, 1.54) is 17.7 Å². The summed E-state index contributed by atoms with van der Waals surface area (Å²) in [6.45, 7) is 5.29. The molecule has 20 heavy (non-hydrogen) atoms. The Morgan fingerprint density at radius 2 is 1.60 bits per heavy atom. The molecule has 0 spiro atoms. The van der Waals surface area contributed by atoms with Crippen LogP contribution in [0.3, 0.4) is 0 Å². The van der Waals surface area contributed by atoms with Gasteiger partial charge in [0.25, 0.3) is 0 Å². The molecule has 0 aliphatic rings. The standard InChI is InChI=1S/C18H22FN/c1-14(2)18(16-8-10-17(19)11-9-16)20-13-12-15-6-4-3-5-7-15/h3-11,14,18,20H,12-13H2,1-2H3. The third-order valence-electron chi connectivity index (χ3n) is 3.52. The molecule has 106 valence electrons. The van der Waals surface area contributed by atoms with Crippen LogP contribution in [0.25, 0.3) is 0 Å². The van der Waals surface area contributed by atoms with E-state index in [1.54, 1.807) is 0 Å². The lowest BCUT2D eigenvalue weighted by Crippen LogP contribution is -2.27. The molecule has 2 rings (SSSR count). The maximum absolute atomic E-state index is 13.0. The number of rotatable bonds is 6.